The first-order chi connectivity index (χ1) is 13.2. The van der Waals surface area contributed by atoms with Gasteiger partial charge in [0.05, 0.1) is 18.8 Å². The predicted octanol–water partition coefficient (Wildman–Crippen LogP) is 4.83. The summed E-state index contributed by atoms with van der Waals surface area (Å²) < 4.78 is 11.9. The lowest BCUT2D eigenvalue weighted by Crippen LogP contribution is -2.45. The first kappa shape index (κ1) is 24.5. The number of halogens is 1. The van der Waals surface area contributed by atoms with Gasteiger partial charge in [0, 0.05) is 42.1 Å². The van der Waals surface area contributed by atoms with E-state index in [1.54, 1.807) is 27.0 Å². The van der Waals surface area contributed by atoms with E-state index in [9.17, 15) is 9.59 Å². The summed E-state index contributed by atoms with van der Waals surface area (Å²) in [4.78, 5) is 24.2. The van der Waals surface area contributed by atoms with Gasteiger partial charge in [-0.25, -0.2) is 9.59 Å². The lowest BCUT2D eigenvalue weighted by molar-refractivity contribution is -0.143. The second kappa shape index (κ2) is 10.9. The van der Waals surface area contributed by atoms with E-state index in [4.69, 9.17) is 9.47 Å². The SMILES string of the molecule is CC.COC(=O)C(Cc1ccc2c(cnn2SI)c1C)NC(=O)OC(C)(C)C. The van der Waals surface area contributed by atoms with Crippen LogP contribution in [0.5, 0.6) is 0 Å². The summed E-state index contributed by atoms with van der Waals surface area (Å²) in [5.74, 6) is -0.520. The van der Waals surface area contributed by atoms with Crippen molar-refractivity contribution in [1.82, 2.24) is 14.5 Å². The van der Waals surface area contributed by atoms with Gasteiger partial charge in [0.25, 0.3) is 0 Å². The van der Waals surface area contributed by atoms with Crippen molar-refractivity contribution in [3.63, 3.8) is 0 Å². The molecule has 1 aromatic heterocycles. The number of benzene rings is 1. The second-order valence-corrected chi connectivity index (χ2v) is 8.46. The lowest BCUT2D eigenvalue weighted by atomic mass is 9.98. The molecule has 0 saturated carbocycles. The van der Waals surface area contributed by atoms with Crippen molar-refractivity contribution in [3.05, 3.63) is 29.5 Å². The molecular formula is C19H28IN3O4S. The van der Waals surface area contributed by atoms with Gasteiger partial charge >= 0.3 is 12.1 Å². The summed E-state index contributed by atoms with van der Waals surface area (Å²) >= 11 is 2.17. The fraction of sp³-hybridized carbons (Fsp3) is 0.526. The van der Waals surface area contributed by atoms with Crippen LogP contribution in [0.3, 0.4) is 0 Å². The number of alkyl carbamates (subject to hydrolysis) is 1. The molecule has 0 radical (unpaired) electrons. The number of fused-ring (bicyclic) bond motifs is 1. The Morgan fingerprint density at radius 3 is 2.50 bits per heavy atom. The number of aromatic nitrogens is 2. The molecule has 2 rings (SSSR count). The van der Waals surface area contributed by atoms with Crippen LogP contribution in [0, 0.1) is 6.92 Å². The Morgan fingerprint density at radius 1 is 1.32 bits per heavy atom. The topological polar surface area (TPSA) is 82.5 Å². The monoisotopic (exact) mass is 521 g/mol. The standard InChI is InChI=1S/C17H22IN3O4S.C2H6/c1-10-11(6-7-14-12(10)9-19-21(14)26-18)8-13(15(22)24-5)20-16(23)25-17(2,3)4;1-2/h6-7,9,13H,8H2,1-5H3,(H,20,23);1-2H3. The molecule has 9 heteroatoms. The van der Waals surface area contributed by atoms with Crippen molar-refractivity contribution in [2.45, 2.75) is 59.6 Å². The number of hydrogen-bond donors (Lipinski definition) is 1. The van der Waals surface area contributed by atoms with Crippen molar-refractivity contribution in [2.75, 3.05) is 7.11 Å². The fourth-order valence-corrected chi connectivity index (χ4v) is 3.80. The molecule has 0 aliphatic rings. The zero-order valence-electron chi connectivity index (χ0n) is 17.3. The molecule has 0 fully saturated rings. The van der Waals surface area contributed by atoms with Crippen LogP contribution >= 0.6 is 30.3 Å². The van der Waals surface area contributed by atoms with Crippen LogP contribution in [-0.4, -0.2) is 40.0 Å². The smallest absolute Gasteiger partial charge is 0.408 e. The van der Waals surface area contributed by atoms with Crippen molar-refractivity contribution >= 4 is 53.3 Å². The van der Waals surface area contributed by atoms with Gasteiger partial charge in [0.2, 0.25) is 0 Å². The largest absolute Gasteiger partial charge is 0.467 e. The average Bonchev–Trinajstić information content (AvgIpc) is 3.06. The zero-order valence-corrected chi connectivity index (χ0v) is 20.3. The molecule has 0 aliphatic carbocycles. The Kier molecular flexibility index (Phi) is 9.55. The third kappa shape index (κ3) is 6.54. The van der Waals surface area contributed by atoms with Crippen LogP contribution in [0.4, 0.5) is 4.79 Å². The third-order valence-corrected chi connectivity index (χ3v) is 5.31. The van der Waals surface area contributed by atoms with Crippen molar-refractivity contribution < 1.29 is 19.1 Å². The molecule has 0 aliphatic heterocycles. The highest BCUT2D eigenvalue weighted by Crippen LogP contribution is 2.27. The summed E-state index contributed by atoms with van der Waals surface area (Å²) in [5, 5.41) is 7.94. The van der Waals surface area contributed by atoms with Crippen molar-refractivity contribution in [1.29, 1.82) is 0 Å². The molecule has 0 saturated heterocycles. The molecule has 156 valence electrons. The molecule has 1 aromatic carbocycles. The molecule has 2 aromatic rings. The summed E-state index contributed by atoms with van der Waals surface area (Å²) in [6.45, 7) is 11.3. The predicted molar refractivity (Wildman–Crippen MR) is 122 cm³/mol. The number of rotatable bonds is 5. The maximum atomic E-state index is 12.1. The number of hydrogen-bond acceptors (Lipinski definition) is 6. The molecule has 1 N–H and O–H groups in total. The van der Waals surface area contributed by atoms with E-state index in [0.717, 1.165) is 22.0 Å². The quantitative estimate of drug-likeness (QED) is 0.449. The second-order valence-electron chi connectivity index (χ2n) is 6.80. The Labute approximate surface area is 182 Å². The van der Waals surface area contributed by atoms with Gasteiger partial charge in [-0.2, -0.15) is 9.19 Å². The van der Waals surface area contributed by atoms with Gasteiger partial charge in [-0.05, 0) is 44.9 Å². The molecule has 1 unspecified atom stereocenters. The number of esters is 1. The summed E-state index contributed by atoms with van der Waals surface area (Å²) in [7, 11) is 2.78. The molecule has 7 nitrogen and oxygen atoms in total. The normalized spacial score (nSPS) is 12.0. The number of ether oxygens (including phenoxy) is 2. The number of amides is 1. The molecule has 28 heavy (non-hydrogen) atoms. The van der Waals surface area contributed by atoms with E-state index in [1.807, 2.05) is 37.0 Å². The lowest BCUT2D eigenvalue weighted by Gasteiger charge is -2.23. The Balaban J connectivity index is 0.00000190. The van der Waals surface area contributed by atoms with Gasteiger partial charge in [0.15, 0.2) is 0 Å². The molecule has 1 heterocycles. The van der Waals surface area contributed by atoms with Gasteiger partial charge in [0.1, 0.15) is 11.6 Å². The maximum absolute atomic E-state index is 12.1. The van der Waals surface area contributed by atoms with Crippen molar-refractivity contribution in [3.8, 4) is 0 Å². The Morgan fingerprint density at radius 2 is 1.96 bits per heavy atom. The van der Waals surface area contributed by atoms with E-state index >= 15 is 0 Å². The maximum Gasteiger partial charge on any atom is 0.408 e. The van der Waals surface area contributed by atoms with Crippen LogP contribution in [0.1, 0.15) is 45.7 Å². The molecular weight excluding hydrogens is 493 g/mol. The Hall–Kier alpha value is -1.49. The number of nitrogens with zero attached hydrogens (tertiary/aromatic N) is 2. The summed E-state index contributed by atoms with van der Waals surface area (Å²) in [6.07, 6.45) is 1.45. The number of carbonyl (C=O) groups excluding carboxylic acids is 2. The van der Waals surface area contributed by atoms with E-state index in [0.29, 0.717) is 6.42 Å². The summed E-state index contributed by atoms with van der Waals surface area (Å²) in [6, 6.07) is 3.06. The number of nitrogens with one attached hydrogen (secondary N) is 1. The molecule has 0 spiro atoms. The van der Waals surface area contributed by atoms with E-state index in [-0.39, 0.29) is 0 Å². The van der Waals surface area contributed by atoms with Crippen molar-refractivity contribution in [2.24, 2.45) is 0 Å². The fourth-order valence-electron chi connectivity index (χ4n) is 2.54. The number of aryl methyl sites for hydroxylation is 1. The van der Waals surface area contributed by atoms with Gasteiger partial charge < -0.3 is 14.8 Å². The third-order valence-electron chi connectivity index (χ3n) is 3.77. The number of methoxy groups -OCH3 is 1. The Bertz CT molecular complexity index is 817. The minimum Gasteiger partial charge on any atom is -0.467 e. The van der Waals surface area contributed by atoms with Crippen LogP contribution in [0.15, 0.2) is 18.3 Å². The first-order valence-electron chi connectivity index (χ1n) is 8.99. The minimum atomic E-state index is -0.833. The van der Waals surface area contributed by atoms with Gasteiger partial charge in [-0.3, -0.25) is 0 Å². The molecule has 1 amide bonds. The van der Waals surface area contributed by atoms with E-state index in [2.05, 4.69) is 31.6 Å². The minimum absolute atomic E-state index is 0.302. The highest BCUT2D eigenvalue weighted by molar-refractivity contribution is 14.2. The zero-order chi connectivity index (χ0) is 21.5. The van der Waals surface area contributed by atoms with E-state index < -0.39 is 23.7 Å². The average molecular weight is 521 g/mol. The van der Waals surface area contributed by atoms with Gasteiger partial charge in [-0.15, -0.1) is 0 Å². The van der Waals surface area contributed by atoms with Crippen LogP contribution in [-0.2, 0) is 20.7 Å². The van der Waals surface area contributed by atoms with Crippen LogP contribution < -0.4 is 5.32 Å². The van der Waals surface area contributed by atoms with Gasteiger partial charge in [-0.1, -0.05) is 19.9 Å². The van der Waals surface area contributed by atoms with E-state index in [1.165, 1.54) is 16.2 Å². The first-order valence-corrected chi connectivity index (χ1v) is 12.3. The molecule has 0 bridgehead atoms. The highest BCUT2D eigenvalue weighted by atomic mass is 127. The summed E-state index contributed by atoms with van der Waals surface area (Å²) in [5.41, 5.74) is 2.30. The van der Waals surface area contributed by atoms with Crippen LogP contribution in [0.25, 0.3) is 10.9 Å². The molecule has 1 atom stereocenters. The number of carbonyl (C=O) groups is 2. The highest BCUT2D eigenvalue weighted by Gasteiger charge is 2.26. The van der Waals surface area contributed by atoms with Crippen LogP contribution in [0.2, 0.25) is 0 Å².